The Kier molecular flexibility index (Phi) is 1.34. The molecule has 2 N–H and O–H groups in total. The molecule has 0 saturated heterocycles. The number of nitrogens with one attached hydrogen (secondary N) is 2. The maximum Gasteiger partial charge on any atom is 0.120 e. The van der Waals surface area contributed by atoms with Gasteiger partial charge in [0.25, 0.3) is 0 Å². The molecule has 1 rings (SSSR count). The molecular weight excluding hydrogens is 122 g/mol. The van der Waals surface area contributed by atoms with Gasteiger partial charge in [-0.2, -0.15) is 0 Å². The van der Waals surface area contributed by atoms with Gasteiger partial charge in [-0.3, -0.25) is 0 Å². The largest absolute Gasteiger partial charge is 0.343 e. The van der Waals surface area contributed by atoms with E-state index in [1.165, 1.54) is 12.5 Å². The summed E-state index contributed by atoms with van der Waals surface area (Å²) in [5.41, 5.74) is 0.647. The number of hydrogen-bond donors (Lipinski definition) is 3. The molecule has 0 unspecified atom stereocenters. The normalized spacial score (nSPS) is 9.12. The Morgan fingerprint density at radius 1 is 1.88 bits per heavy atom. The highest BCUT2D eigenvalue weighted by Gasteiger charge is 1.92. The summed E-state index contributed by atoms with van der Waals surface area (Å²) in [5.74, 6) is 0. The number of hydrogen-bond acceptors (Lipinski definition) is 3. The second-order valence-electron chi connectivity index (χ2n) is 1.28. The van der Waals surface area contributed by atoms with Crippen LogP contribution in [0.3, 0.4) is 0 Å². The summed E-state index contributed by atoms with van der Waals surface area (Å²) in [4.78, 5) is 6.47. The van der Waals surface area contributed by atoms with Gasteiger partial charge < -0.3 is 10.4 Å². The van der Waals surface area contributed by atoms with Crippen LogP contribution < -0.4 is 0 Å². The van der Waals surface area contributed by atoms with Crippen LogP contribution in [0, 0.1) is 5.41 Å². The van der Waals surface area contributed by atoms with Crippen molar-refractivity contribution in [2.45, 2.75) is 5.03 Å². The molecule has 8 heavy (non-hydrogen) atoms. The third-order valence-electron chi connectivity index (χ3n) is 0.792. The molecule has 1 heterocycles. The first kappa shape index (κ1) is 5.37. The van der Waals surface area contributed by atoms with Crippen molar-refractivity contribution >= 4 is 18.8 Å². The van der Waals surface area contributed by atoms with Gasteiger partial charge in [-0.15, -0.1) is 12.6 Å². The van der Waals surface area contributed by atoms with Crippen molar-refractivity contribution in [3.63, 3.8) is 0 Å². The lowest BCUT2D eigenvalue weighted by molar-refractivity contribution is 1.20. The molecule has 0 aliphatic heterocycles. The van der Waals surface area contributed by atoms with E-state index >= 15 is 0 Å². The van der Waals surface area contributed by atoms with Gasteiger partial charge in [0.2, 0.25) is 0 Å². The fourth-order valence-electron chi connectivity index (χ4n) is 0.403. The molecule has 0 fully saturated rings. The number of aromatic nitrogens is 2. The Morgan fingerprint density at radius 2 is 2.62 bits per heavy atom. The first-order valence-corrected chi connectivity index (χ1v) is 2.52. The van der Waals surface area contributed by atoms with E-state index in [1.807, 2.05) is 0 Å². The molecule has 1 aromatic heterocycles. The Bertz CT molecular complexity index is 193. The minimum absolute atomic E-state index is 0.569. The lowest BCUT2D eigenvalue weighted by atomic mass is 10.5. The van der Waals surface area contributed by atoms with Crippen LogP contribution in [0.5, 0.6) is 0 Å². The van der Waals surface area contributed by atoms with Gasteiger partial charge in [-0.05, 0) is 0 Å². The Labute approximate surface area is 52.1 Å². The number of rotatable bonds is 1. The SMILES string of the molecule is N=Cc1[nH]cnc1S. The van der Waals surface area contributed by atoms with Gasteiger partial charge in [-0.25, -0.2) is 4.98 Å². The lowest BCUT2D eigenvalue weighted by Gasteiger charge is -1.79. The van der Waals surface area contributed by atoms with Crippen molar-refractivity contribution in [2.75, 3.05) is 0 Å². The molecule has 0 aliphatic carbocycles. The third kappa shape index (κ3) is 0.742. The molecule has 42 valence electrons. The van der Waals surface area contributed by atoms with Crippen LogP contribution in [0.2, 0.25) is 0 Å². The summed E-state index contributed by atoms with van der Waals surface area (Å²) in [6.07, 6.45) is 2.68. The quantitative estimate of drug-likeness (QED) is 0.377. The lowest BCUT2D eigenvalue weighted by Crippen LogP contribution is -1.77. The maximum absolute atomic E-state index is 6.76. The highest BCUT2D eigenvalue weighted by Crippen LogP contribution is 2.02. The Balaban J connectivity index is 3.09. The van der Waals surface area contributed by atoms with Crippen molar-refractivity contribution in [3.05, 3.63) is 12.0 Å². The zero-order valence-electron chi connectivity index (χ0n) is 4.05. The fraction of sp³-hybridized carbons (Fsp3) is 0. The van der Waals surface area contributed by atoms with Crippen LogP contribution in [-0.4, -0.2) is 16.2 Å². The average molecular weight is 127 g/mol. The zero-order chi connectivity index (χ0) is 5.98. The summed E-state index contributed by atoms with van der Waals surface area (Å²) in [7, 11) is 0. The molecule has 0 saturated carbocycles. The predicted octanol–water partition coefficient (Wildman–Crippen LogP) is 0.696. The highest BCUT2D eigenvalue weighted by molar-refractivity contribution is 7.80. The topological polar surface area (TPSA) is 52.5 Å². The molecular formula is C4H5N3S. The van der Waals surface area contributed by atoms with Crippen molar-refractivity contribution in [1.29, 1.82) is 5.41 Å². The zero-order valence-corrected chi connectivity index (χ0v) is 4.94. The minimum atomic E-state index is 0.569. The Hall–Kier alpha value is -0.770. The van der Waals surface area contributed by atoms with E-state index in [1.54, 1.807) is 0 Å². The Morgan fingerprint density at radius 3 is 2.88 bits per heavy atom. The minimum Gasteiger partial charge on any atom is -0.343 e. The molecule has 0 aliphatic rings. The van der Waals surface area contributed by atoms with Crippen molar-refractivity contribution in [1.82, 2.24) is 9.97 Å². The van der Waals surface area contributed by atoms with E-state index in [9.17, 15) is 0 Å². The van der Waals surface area contributed by atoms with Crippen molar-refractivity contribution in [2.24, 2.45) is 0 Å². The van der Waals surface area contributed by atoms with E-state index in [-0.39, 0.29) is 0 Å². The molecule has 0 bridgehead atoms. The van der Waals surface area contributed by atoms with Crippen molar-refractivity contribution < 1.29 is 0 Å². The van der Waals surface area contributed by atoms with Gasteiger partial charge in [-0.1, -0.05) is 0 Å². The van der Waals surface area contributed by atoms with Gasteiger partial charge in [0, 0.05) is 6.21 Å². The second kappa shape index (κ2) is 2.00. The van der Waals surface area contributed by atoms with Gasteiger partial charge in [0.05, 0.1) is 12.0 Å². The summed E-state index contributed by atoms with van der Waals surface area (Å²) >= 11 is 3.94. The molecule has 0 amide bonds. The number of aromatic amines is 1. The van der Waals surface area contributed by atoms with E-state index in [0.29, 0.717) is 10.7 Å². The molecule has 1 aromatic rings. The van der Waals surface area contributed by atoms with Gasteiger partial charge in [0.1, 0.15) is 5.03 Å². The third-order valence-corrected chi connectivity index (χ3v) is 1.15. The first-order chi connectivity index (χ1) is 3.84. The van der Waals surface area contributed by atoms with E-state index in [2.05, 4.69) is 22.6 Å². The smallest absolute Gasteiger partial charge is 0.120 e. The molecule has 0 radical (unpaired) electrons. The summed E-state index contributed by atoms with van der Waals surface area (Å²) in [5, 5.41) is 7.33. The molecule has 3 nitrogen and oxygen atoms in total. The molecule has 0 atom stereocenters. The van der Waals surface area contributed by atoms with Gasteiger partial charge >= 0.3 is 0 Å². The summed E-state index contributed by atoms with van der Waals surface area (Å²) in [6, 6.07) is 0. The van der Waals surface area contributed by atoms with Crippen LogP contribution in [0.4, 0.5) is 0 Å². The number of nitrogens with zero attached hydrogens (tertiary/aromatic N) is 1. The van der Waals surface area contributed by atoms with E-state index in [4.69, 9.17) is 5.41 Å². The van der Waals surface area contributed by atoms with Crippen molar-refractivity contribution in [3.8, 4) is 0 Å². The van der Waals surface area contributed by atoms with E-state index in [0.717, 1.165) is 0 Å². The molecule has 4 heteroatoms. The van der Waals surface area contributed by atoms with E-state index < -0.39 is 0 Å². The standard InChI is InChI=1S/C4H5N3S/c5-1-3-4(8)7-2-6-3/h1-2,5,8H,(H,6,7). The molecule has 0 spiro atoms. The maximum atomic E-state index is 6.76. The van der Waals surface area contributed by atoms with Gasteiger partial charge in [0.15, 0.2) is 0 Å². The summed E-state index contributed by atoms with van der Waals surface area (Å²) < 4.78 is 0. The van der Waals surface area contributed by atoms with Crippen LogP contribution in [0.15, 0.2) is 11.4 Å². The number of thiol groups is 1. The van der Waals surface area contributed by atoms with Crippen LogP contribution >= 0.6 is 12.6 Å². The van der Waals surface area contributed by atoms with Crippen LogP contribution in [0.25, 0.3) is 0 Å². The summed E-state index contributed by atoms with van der Waals surface area (Å²) in [6.45, 7) is 0. The second-order valence-corrected chi connectivity index (χ2v) is 1.71. The number of imidazole rings is 1. The molecule has 0 aromatic carbocycles. The highest BCUT2D eigenvalue weighted by atomic mass is 32.1. The fourth-order valence-corrected chi connectivity index (χ4v) is 0.590. The predicted molar refractivity (Wildman–Crippen MR) is 33.7 cm³/mol. The monoisotopic (exact) mass is 127 g/mol. The first-order valence-electron chi connectivity index (χ1n) is 2.07. The van der Waals surface area contributed by atoms with Crippen LogP contribution in [0.1, 0.15) is 5.69 Å². The number of H-pyrrole nitrogens is 1. The van der Waals surface area contributed by atoms with Crippen LogP contribution in [-0.2, 0) is 0 Å². The average Bonchev–Trinajstić information content (AvgIpc) is 2.14.